The lowest BCUT2D eigenvalue weighted by molar-refractivity contribution is 0.698. The van der Waals surface area contributed by atoms with Gasteiger partial charge in [-0.3, -0.25) is 23.5 Å². The number of nitrogens with one attached hydrogen (secondary N) is 1. The Labute approximate surface area is 150 Å². The lowest BCUT2D eigenvalue weighted by Crippen LogP contribution is -2.37. The zero-order valence-electron chi connectivity index (χ0n) is 15.0. The van der Waals surface area contributed by atoms with Crippen molar-refractivity contribution in [3.05, 3.63) is 50.9 Å². The van der Waals surface area contributed by atoms with Crippen molar-refractivity contribution in [3.63, 3.8) is 0 Å². The summed E-state index contributed by atoms with van der Waals surface area (Å²) in [6, 6.07) is 6.03. The zero-order chi connectivity index (χ0) is 18.3. The van der Waals surface area contributed by atoms with Crippen LogP contribution in [-0.2, 0) is 20.6 Å². The topological polar surface area (TPSA) is 86.7 Å². The van der Waals surface area contributed by atoms with Crippen LogP contribution in [0.1, 0.15) is 31.4 Å². The summed E-state index contributed by atoms with van der Waals surface area (Å²) in [4.78, 5) is 34.1. The fraction of sp³-hybridized carbons (Fsp3) is 0.444. The SMILES string of the molecule is Cn1c(=O)c2c(nc(NC3CCCC3)n2Cc2ccccn2)n(C)c1=O. The standard InChI is InChI=1S/C18H22N6O2/c1-22-15-14(16(25)23(2)18(22)26)24(11-13-9-5-6-10-19-13)17(21-15)20-12-7-3-4-8-12/h5-6,9-10,12H,3-4,7-8,11H2,1-2H3,(H,20,21). The molecule has 8 heteroatoms. The number of nitrogens with zero attached hydrogens (tertiary/aromatic N) is 5. The van der Waals surface area contributed by atoms with Crippen molar-refractivity contribution in [2.75, 3.05) is 5.32 Å². The third-order valence-corrected chi connectivity index (χ3v) is 5.08. The Balaban J connectivity index is 1.92. The van der Waals surface area contributed by atoms with Crippen LogP contribution >= 0.6 is 0 Å². The van der Waals surface area contributed by atoms with Gasteiger partial charge in [-0.05, 0) is 25.0 Å². The molecule has 0 aliphatic heterocycles. The van der Waals surface area contributed by atoms with Crippen LogP contribution in [0.4, 0.5) is 5.95 Å². The highest BCUT2D eigenvalue weighted by Gasteiger charge is 2.22. The molecule has 1 aliphatic rings. The molecular weight excluding hydrogens is 332 g/mol. The first kappa shape index (κ1) is 16.6. The third-order valence-electron chi connectivity index (χ3n) is 5.08. The van der Waals surface area contributed by atoms with Crippen LogP contribution in [0.25, 0.3) is 11.2 Å². The summed E-state index contributed by atoms with van der Waals surface area (Å²) in [5.74, 6) is 0.621. The Morgan fingerprint density at radius 3 is 2.62 bits per heavy atom. The van der Waals surface area contributed by atoms with E-state index in [4.69, 9.17) is 0 Å². The Morgan fingerprint density at radius 2 is 1.92 bits per heavy atom. The number of rotatable bonds is 4. The summed E-state index contributed by atoms with van der Waals surface area (Å²) in [6.45, 7) is 0.417. The molecule has 0 atom stereocenters. The maximum absolute atomic E-state index is 12.8. The van der Waals surface area contributed by atoms with Gasteiger partial charge >= 0.3 is 5.69 Å². The smallest absolute Gasteiger partial charge is 0.332 e. The van der Waals surface area contributed by atoms with Crippen molar-refractivity contribution >= 4 is 17.1 Å². The number of aryl methyl sites for hydroxylation is 1. The van der Waals surface area contributed by atoms with Crippen LogP contribution in [0.3, 0.4) is 0 Å². The minimum Gasteiger partial charge on any atom is -0.353 e. The lowest BCUT2D eigenvalue weighted by atomic mass is 10.2. The van der Waals surface area contributed by atoms with E-state index in [1.807, 2.05) is 22.8 Å². The first-order valence-electron chi connectivity index (χ1n) is 8.89. The van der Waals surface area contributed by atoms with Crippen LogP contribution in [0.5, 0.6) is 0 Å². The average molecular weight is 354 g/mol. The van der Waals surface area contributed by atoms with Crippen LogP contribution in [0, 0.1) is 0 Å². The number of pyridine rings is 1. The molecule has 0 aromatic carbocycles. The fourth-order valence-corrected chi connectivity index (χ4v) is 3.62. The molecule has 26 heavy (non-hydrogen) atoms. The van der Waals surface area contributed by atoms with Crippen LogP contribution in [0.2, 0.25) is 0 Å². The summed E-state index contributed by atoms with van der Waals surface area (Å²) >= 11 is 0. The summed E-state index contributed by atoms with van der Waals surface area (Å²) in [6.07, 6.45) is 6.29. The molecule has 0 unspecified atom stereocenters. The molecule has 0 radical (unpaired) electrons. The largest absolute Gasteiger partial charge is 0.353 e. The Hall–Kier alpha value is -2.90. The molecule has 4 rings (SSSR count). The highest BCUT2D eigenvalue weighted by atomic mass is 16.2. The number of hydrogen-bond donors (Lipinski definition) is 1. The second-order valence-electron chi connectivity index (χ2n) is 6.85. The minimum absolute atomic E-state index is 0.342. The van der Waals surface area contributed by atoms with Crippen LogP contribution < -0.4 is 16.6 Å². The summed E-state index contributed by atoms with van der Waals surface area (Å²) in [5, 5.41) is 3.47. The summed E-state index contributed by atoms with van der Waals surface area (Å²) in [5.41, 5.74) is 0.927. The van der Waals surface area contributed by atoms with E-state index < -0.39 is 0 Å². The van der Waals surface area contributed by atoms with Gasteiger partial charge in [0.15, 0.2) is 11.2 Å². The van der Waals surface area contributed by atoms with Crippen molar-refractivity contribution in [3.8, 4) is 0 Å². The minimum atomic E-state index is -0.377. The lowest BCUT2D eigenvalue weighted by Gasteiger charge is -2.14. The number of anilines is 1. The molecule has 0 bridgehead atoms. The van der Waals surface area contributed by atoms with Crippen molar-refractivity contribution in [1.29, 1.82) is 0 Å². The molecule has 1 saturated carbocycles. The predicted molar refractivity (Wildman–Crippen MR) is 99.4 cm³/mol. The quantitative estimate of drug-likeness (QED) is 0.761. The van der Waals surface area contributed by atoms with E-state index in [1.54, 1.807) is 13.2 Å². The zero-order valence-corrected chi connectivity index (χ0v) is 15.0. The molecule has 3 heterocycles. The molecule has 0 amide bonds. The van der Waals surface area contributed by atoms with E-state index in [0.717, 1.165) is 23.1 Å². The maximum atomic E-state index is 12.8. The molecule has 1 N–H and O–H groups in total. The van der Waals surface area contributed by atoms with E-state index in [9.17, 15) is 9.59 Å². The highest BCUT2D eigenvalue weighted by molar-refractivity contribution is 5.74. The van der Waals surface area contributed by atoms with Gasteiger partial charge in [-0.25, -0.2) is 4.79 Å². The number of hydrogen-bond acceptors (Lipinski definition) is 5. The van der Waals surface area contributed by atoms with Gasteiger partial charge in [0.05, 0.1) is 12.2 Å². The third kappa shape index (κ3) is 2.71. The van der Waals surface area contributed by atoms with E-state index in [-0.39, 0.29) is 11.2 Å². The van der Waals surface area contributed by atoms with Gasteiger partial charge in [-0.15, -0.1) is 0 Å². The highest BCUT2D eigenvalue weighted by Crippen LogP contribution is 2.24. The molecule has 1 fully saturated rings. The van der Waals surface area contributed by atoms with Gasteiger partial charge in [-0.1, -0.05) is 18.9 Å². The predicted octanol–water partition coefficient (Wildman–Crippen LogP) is 1.23. The monoisotopic (exact) mass is 354 g/mol. The second kappa shape index (κ2) is 6.44. The maximum Gasteiger partial charge on any atom is 0.332 e. The van der Waals surface area contributed by atoms with E-state index >= 15 is 0 Å². The average Bonchev–Trinajstić information content (AvgIpc) is 3.28. The first-order valence-corrected chi connectivity index (χ1v) is 8.89. The van der Waals surface area contributed by atoms with E-state index in [0.29, 0.717) is 29.7 Å². The van der Waals surface area contributed by atoms with Gasteiger partial charge in [0.2, 0.25) is 5.95 Å². The molecule has 136 valence electrons. The first-order chi connectivity index (χ1) is 12.6. The fourth-order valence-electron chi connectivity index (χ4n) is 3.62. The normalized spacial score (nSPS) is 15.0. The van der Waals surface area contributed by atoms with Crippen molar-refractivity contribution < 1.29 is 0 Å². The van der Waals surface area contributed by atoms with Gasteiger partial charge < -0.3 is 5.32 Å². The Kier molecular flexibility index (Phi) is 4.10. The second-order valence-corrected chi connectivity index (χ2v) is 6.85. The van der Waals surface area contributed by atoms with Crippen molar-refractivity contribution in [1.82, 2.24) is 23.7 Å². The molecular formula is C18H22N6O2. The van der Waals surface area contributed by atoms with E-state index in [1.165, 1.54) is 24.5 Å². The van der Waals surface area contributed by atoms with Gasteiger partial charge in [-0.2, -0.15) is 4.98 Å². The number of aromatic nitrogens is 5. The molecule has 3 aromatic heterocycles. The van der Waals surface area contributed by atoms with Gasteiger partial charge in [0.1, 0.15) is 0 Å². The molecule has 8 nitrogen and oxygen atoms in total. The molecule has 0 saturated heterocycles. The Morgan fingerprint density at radius 1 is 1.15 bits per heavy atom. The van der Waals surface area contributed by atoms with Crippen LogP contribution in [-0.4, -0.2) is 29.7 Å². The number of fused-ring (bicyclic) bond motifs is 1. The van der Waals surface area contributed by atoms with Crippen LogP contribution in [0.15, 0.2) is 34.0 Å². The Bertz CT molecular complexity index is 1060. The van der Waals surface area contributed by atoms with Crippen molar-refractivity contribution in [2.45, 2.75) is 38.3 Å². The van der Waals surface area contributed by atoms with Crippen molar-refractivity contribution in [2.24, 2.45) is 14.1 Å². The molecule has 0 spiro atoms. The molecule has 3 aromatic rings. The summed E-state index contributed by atoms with van der Waals surface area (Å²) in [7, 11) is 3.13. The van der Waals surface area contributed by atoms with Gasteiger partial charge in [0, 0.05) is 26.3 Å². The number of imidazole rings is 1. The van der Waals surface area contributed by atoms with E-state index in [2.05, 4.69) is 15.3 Å². The summed E-state index contributed by atoms with van der Waals surface area (Å²) < 4.78 is 4.39. The van der Waals surface area contributed by atoms with Gasteiger partial charge in [0.25, 0.3) is 5.56 Å². The molecule has 1 aliphatic carbocycles.